The highest BCUT2D eigenvalue weighted by Gasteiger charge is 1.88. The molecule has 24 heavy (non-hydrogen) atoms. The summed E-state index contributed by atoms with van der Waals surface area (Å²) in [5, 5.41) is 0. The summed E-state index contributed by atoms with van der Waals surface area (Å²) in [7, 11) is 0. The number of hydrogen-bond acceptors (Lipinski definition) is 0. The van der Waals surface area contributed by atoms with Gasteiger partial charge in [-0.3, -0.25) is 0 Å². The second-order valence-corrected chi connectivity index (χ2v) is 5.24. The van der Waals surface area contributed by atoms with Crippen molar-refractivity contribution in [3.8, 4) is 23.7 Å². The van der Waals surface area contributed by atoms with Crippen LogP contribution in [0.25, 0.3) is 24.3 Å². The fourth-order valence-electron chi connectivity index (χ4n) is 2.18. The Morgan fingerprint density at radius 2 is 0.542 bits per heavy atom. The number of benzene rings is 2. The smallest absolute Gasteiger partial charge is 0.0109 e. The average molecular weight is 304 g/mol. The Bertz CT molecular complexity index is 768. The van der Waals surface area contributed by atoms with Gasteiger partial charge in [-0.2, -0.15) is 0 Å². The van der Waals surface area contributed by atoms with Gasteiger partial charge in [0.25, 0.3) is 0 Å². The average Bonchev–Trinajstić information content (AvgIpc) is 2.62. The first-order valence-electron chi connectivity index (χ1n) is 7.79. The molecule has 0 amide bonds. The molecule has 0 spiro atoms. The first-order chi connectivity index (χ1) is 11.9. The standard InChI is InChI=1S/C24H16/c1-2-6-10-22-17-19-24(20-18-22)12-8-4-3-7-11-23-15-13-21(9-5-1)14-16-23/h5-20H/b9-5-,10-6-,11-7-,12-8-,21-9?,22-10?,23-11?,24-12?. The molecule has 4 bridgehead atoms. The lowest BCUT2D eigenvalue weighted by Crippen LogP contribution is -1.74. The highest BCUT2D eigenvalue weighted by Crippen LogP contribution is 2.09. The Balaban J connectivity index is 1.90. The first-order valence-corrected chi connectivity index (χ1v) is 7.79. The Morgan fingerprint density at radius 1 is 0.333 bits per heavy atom. The SMILES string of the molecule is C1#C/C=C\c2ccc(cc2)/C=C\C#C/C=C\c2ccc(cc2)/C=C\1. The minimum absolute atomic E-state index is 1.13. The molecule has 0 fully saturated rings. The quantitative estimate of drug-likeness (QED) is 0.567. The van der Waals surface area contributed by atoms with Gasteiger partial charge in [0.2, 0.25) is 0 Å². The molecule has 4 aliphatic carbocycles. The summed E-state index contributed by atoms with van der Waals surface area (Å²) in [6, 6.07) is 16.6. The van der Waals surface area contributed by atoms with Crippen molar-refractivity contribution in [3.63, 3.8) is 0 Å². The van der Waals surface area contributed by atoms with Crippen LogP contribution in [0.3, 0.4) is 0 Å². The summed E-state index contributed by atoms with van der Waals surface area (Å²) in [6.07, 6.45) is 15.5. The zero-order valence-electron chi connectivity index (χ0n) is 13.2. The van der Waals surface area contributed by atoms with Crippen LogP contribution in [-0.4, -0.2) is 0 Å². The number of hydrogen-bond donors (Lipinski definition) is 0. The van der Waals surface area contributed by atoms with E-state index in [4.69, 9.17) is 0 Å². The first kappa shape index (κ1) is 15.4. The number of rotatable bonds is 0. The highest BCUT2D eigenvalue weighted by atomic mass is 13.9. The van der Waals surface area contributed by atoms with Crippen molar-refractivity contribution in [2.45, 2.75) is 0 Å². The molecule has 2 aromatic carbocycles. The van der Waals surface area contributed by atoms with E-state index in [9.17, 15) is 0 Å². The summed E-state index contributed by atoms with van der Waals surface area (Å²) in [5.74, 6) is 12.1. The molecule has 0 aromatic heterocycles. The van der Waals surface area contributed by atoms with E-state index in [1.54, 1.807) is 0 Å². The summed E-state index contributed by atoms with van der Waals surface area (Å²) in [6.45, 7) is 0. The Hall–Kier alpha value is -3.48. The van der Waals surface area contributed by atoms with Crippen LogP contribution in [0.5, 0.6) is 0 Å². The van der Waals surface area contributed by atoms with Gasteiger partial charge in [-0.25, -0.2) is 0 Å². The predicted molar refractivity (Wildman–Crippen MR) is 105 cm³/mol. The van der Waals surface area contributed by atoms with Crippen molar-refractivity contribution in [1.29, 1.82) is 0 Å². The van der Waals surface area contributed by atoms with Gasteiger partial charge in [-0.05, 0) is 70.9 Å². The summed E-state index contributed by atoms with van der Waals surface area (Å²) in [5.41, 5.74) is 4.52. The summed E-state index contributed by atoms with van der Waals surface area (Å²) >= 11 is 0. The third-order valence-corrected chi connectivity index (χ3v) is 3.48. The van der Waals surface area contributed by atoms with E-state index in [1.807, 2.05) is 48.6 Å². The Kier molecular flexibility index (Phi) is 5.29. The Labute approximate surface area is 143 Å². The van der Waals surface area contributed by atoms with Gasteiger partial charge < -0.3 is 0 Å². The van der Waals surface area contributed by atoms with Crippen molar-refractivity contribution in [2.24, 2.45) is 0 Å². The van der Waals surface area contributed by atoms with Gasteiger partial charge in [-0.15, -0.1) is 0 Å². The van der Waals surface area contributed by atoms with Crippen LogP contribution in [0.2, 0.25) is 0 Å². The fourth-order valence-corrected chi connectivity index (χ4v) is 2.18. The second kappa shape index (κ2) is 8.23. The van der Waals surface area contributed by atoms with Gasteiger partial charge in [0.05, 0.1) is 0 Å². The largest absolute Gasteiger partial charge is 0.0702 e. The van der Waals surface area contributed by atoms with E-state index in [-0.39, 0.29) is 0 Å². The molecular formula is C24H16. The van der Waals surface area contributed by atoms with Crippen LogP contribution in [0, 0.1) is 23.7 Å². The van der Waals surface area contributed by atoms with Crippen molar-refractivity contribution in [1.82, 2.24) is 0 Å². The van der Waals surface area contributed by atoms with E-state index in [1.165, 1.54) is 0 Å². The van der Waals surface area contributed by atoms with Gasteiger partial charge >= 0.3 is 0 Å². The zero-order chi connectivity index (χ0) is 16.5. The van der Waals surface area contributed by atoms with E-state index in [0.717, 1.165) is 22.3 Å². The molecule has 4 aliphatic rings. The fraction of sp³-hybridized carbons (Fsp3) is 0. The van der Waals surface area contributed by atoms with Gasteiger partial charge in [0.1, 0.15) is 0 Å². The molecule has 0 atom stereocenters. The third-order valence-electron chi connectivity index (χ3n) is 3.48. The van der Waals surface area contributed by atoms with E-state index in [0.29, 0.717) is 0 Å². The zero-order valence-corrected chi connectivity index (χ0v) is 13.2. The van der Waals surface area contributed by atoms with Crippen molar-refractivity contribution < 1.29 is 0 Å². The maximum absolute atomic E-state index is 3.02. The predicted octanol–water partition coefficient (Wildman–Crippen LogP) is 5.46. The molecule has 112 valence electrons. The third kappa shape index (κ3) is 4.77. The van der Waals surface area contributed by atoms with Gasteiger partial charge in [0, 0.05) is 0 Å². The maximum Gasteiger partial charge on any atom is -0.0109 e. The second-order valence-electron chi connectivity index (χ2n) is 5.24. The maximum atomic E-state index is 3.02. The van der Waals surface area contributed by atoms with E-state index in [2.05, 4.69) is 72.2 Å². The van der Waals surface area contributed by atoms with Crippen LogP contribution in [-0.2, 0) is 0 Å². The molecule has 0 nitrogen and oxygen atoms in total. The van der Waals surface area contributed by atoms with Gasteiger partial charge in [0.15, 0.2) is 0 Å². The van der Waals surface area contributed by atoms with Crippen LogP contribution in [0.4, 0.5) is 0 Å². The molecule has 6 rings (SSSR count). The van der Waals surface area contributed by atoms with Crippen molar-refractivity contribution >= 4 is 24.3 Å². The minimum atomic E-state index is 1.13. The van der Waals surface area contributed by atoms with Gasteiger partial charge in [-0.1, -0.05) is 72.2 Å². The molecule has 0 heteroatoms. The van der Waals surface area contributed by atoms with Crippen LogP contribution in [0.15, 0.2) is 72.8 Å². The lowest BCUT2D eigenvalue weighted by atomic mass is 10.1. The molecule has 0 aliphatic heterocycles. The normalized spacial score (nSPS) is 17.7. The summed E-state index contributed by atoms with van der Waals surface area (Å²) < 4.78 is 0. The van der Waals surface area contributed by atoms with Crippen molar-refractivity contribution in [3.05, 3.63) is 95.1 Å². The lowest BCUT2D eigenvalue weighted by molar-refractivity contribution is 1.62. The Morgan fingerprint density at radius 3 is 0.750 bits per heavy atom. The van der Waals surface area contributed by atoms with E-state index < -0.39 is 0 Å². The topological polar surface area (TPSA) is 0 Å². The molecule has 0 N–H and O–H groups in total. The molecule has 0 heterocycles. The molecule has 0 saturated carbocycles. The molecule has 0 saturated heterocycles. The van der Waals surface area contributed by atoms with E-state index >= 15 is 0 Å². The lowest BCUT2D eigenvalue weighted by Gasteiger charge is -1.94. The van der Waals surface area contributed by atoms with Crippen LogP contribution in [0.1, 0.15) is 22.3 Å². The molecule has 0 unspecified atom stereocenters. The van der Waals surface area contributed by atoms with Crippen LogP contribution < -0.4 is 0 Å². The van der Waals surface area contributed by atoms with Crippen LogP contribution >= 0.6 is 0 Å². The minimum Gasteiger partial charge on any atom is -0.0702 e. The highest BCUT2D eigenvalue weighted by molar-refractivity contribution is 5.61. The number of allylic oxidation sites excluding steroid dienone is 4. The monoisotopic (exact) mass is 304 g/mol. The van der Waals surface area contributed by atoms with Crippen molar-refractivity contribution in [2.75, 3.05) is 0 Å². The molecule has 2 aromatic rings. The summed E-state index contributed by atoms with van der Waals surface area (Å²) in [4.78, 5) is 0. The molecular weight excluding hydrogens is 288 g/mol. The molecule has 0 radical (unpaired) electrons.